The first-order chi connectivity index (χ1) is 15.9. The lowest BCUT2D eigenvalue weighted by Gasteiger charge is -2.13. The Balaban J connectivity index is 1.84. The zero-order valence-corrected chi connectivity index (χ0v) is 20.6. The Hall–Kier alpha value is -2.28. The summed E-state index contributed by atoms with van der Waals surface area (Å²) >= 11 is 11.3. The van der Waals surface area contributed by atoms with E-state index >= 15 is 0 Å². The fourth-order valence-electron chi connectivity index (χ4n) is 2.85. The van der Waals surface area contributed by atoms with Gasteiger partial charge in [0.25, 0.3) is 0 Å². The average Bonchev–Trinajstić information content (AvgIpc) is 2.80. The van der Waals surface area contributed by atoms with Crippen LogP contribution in [0, 0.1) is 11.6 Å². The number of sulfonamides is 2. The molecule has 0 spiro atoms. The van der Waals surface area contributed by atoms with Crippen molar-refractivity contribution in [3.63, 3.8) is 0 Å². The fraction of sp³-hybridized carbons (Fsp3) is 0.143. The van der Waals surface area contributed by atoms with E-state index in [0.717, 1.165) is 24.3 Å². The van der Waals surface area contributed by atoms with Gasteiger partial charge in [-0.25, -0.2) is 35.1 Å². The quantitative estimate of drug-likeness (QED) is 0.415. The molecule has 0 aliphatic heterocycles. The van der Waals surface area contributed by atoms with Crippen LogP contribution in [-0.2, 0) is 33.1 Å². The molecule has 0 atom stereocenters. The number of rotatable bonds is 9. The maximum Gasteiger partial charge on any atom is 0.244 e. The van der Waals surface area contributed by atoms with Crippen LogP contribution >= 0.6 is 23.2 Å². The summed E-state index contributed by atoms with van der Waals surface area (Å²) < 4.78 is 88.1. The second-order valence-electron chi connectivity index (χ2n) is 6.96. The van der Waals surface area contributed by atoms with Gasteiger partial charge in [-0.05, 0) is 53.6 Å². The molecule has 0 saturated heterocycles. The van der Waals surface area contributed by atoms with E-state index < -0.39 is 36.6 Å². The van der Waals surface area contributed by atoms with Gasteiger partial charge in [0, 0.05) is 13.1 Å². The molecule has 182 valence electrons. The topological polar surface area (TPSA) is 102 Å². The van der Waals surface area contributed by atoms with Crippen molar-refractivity contribution in [3.05, 3.63) is 87.4 Å². The predicted molar refractivity (Wildman–Crippen MR) is 124 cm³/mol. The highest BCUT2D eigenvalue weighted by Gasteiger charge is 2.24. The molecule has 0 bridgehead atoms. The van der Waals surface area contributed by atoms with Crippen LogP contribution in [0.1, 0.15) is 11.1 Å². The molecule has 0 aliphatic carbocycles. The number of hydrogen-bond donors (Lipinski definition) is 2. The predicted octanol–water partition coefficient (Wildman–Crippen LogP) is 4.24. The van der Waals surface area contributed by atoms with Crippen LogP contribution in [0.4, 0.5) is 8.78 Å². The van der Waals surface area contributed by atoms with E-state index in [0.29, 0.717) is 11.1 Å². The number of halogens is 4. The molecule has 0 radical (unpaired) electrons. The van der Waals surface area contributed by atoms with Gasteiger partial charge in [-0.2, -0.15) is 0 Å². The highest BCUT2D eigenvalue weighted by Crippen LogP contribution is 2.27. The maximum atomic E-state index is 13.6. The van der Waals surface area contributed by atoms with E-state index in [1.165, 1.54) is 37.4 Å². The molecule has 3 aromatic carbocycles. The van der Waals surface area contributed by atoms with Crippen molar-refractivity contribution in [2.75, 3.05) is 7.11 Å². The van der Waals surface area contributed by atoms with Crippen molar-refractivity contribution in [3.8, 4) is 5.75 Å². The monoisotopic (exact) mass is 550 g/mol. The van der Waals surface area contributed by atoms with Crippen molar-refractivity contribution >= 4 is 43.2 Å². The van der Waals surface area contributed by atoms with Crippen LogP contribution in [0.2, 0.25) is 10.0 Å². The summed E-state index contributed by atoms with van der Waals surface area (Å²) in [5.74, 6) is -1.52. The van der Waals surface area contributed by atoms with Gasteiger partial charge >= 0.3 is 0 Å². The van der Waals surface area contributed by atoms with E-state index in [9.17, 15) is 25.6 Å². The van der Waals surface area contributed by atoms with Crippen LogP contribution in [0.25, 0.3) is 0 Å². The van der Waals surface area contributed by atoms with Gasteiger partial charge in [-0.1, -0.05) is 35.3 Å². The molecule has 0 heterocycles. The lowest BCUT2D eigenvalue weighted by Crippen LogP contribution is -2.26. The Morgan fingerprint density at radius 2 is 1.26 bits per heavy atom. The summed E-state index contributed by atoms with van der Waals surface area (Å²) in [6, 6.07) is 10.9. The molecule has 34 heavy (non-hydrogen) atoms. The summed E-state index contributed by atoms with van der Waals surface area (Å²) in [5, 5.41) is -0.217. The molecular formula is C21H18Cl2F2N2O5S2. The van der Waals surface area contributed by atoms with E-state index in [2.05, 4.69) is 9.44 Å². The molecule has 3 aromatic rings. The molecule has 0 unspecified atom stereocenters. The van der Waals surface area contributed by atoms with Crippen LogP contribution in [0.3, 0.4) is 0 Å². The minimum Gasteiger partial charge on any atom is -0.495 e. The smallest absolute Gasteiger partial charge is 0.244 e. The number of hydrogen-bond acceptors (Lipinski definition) is 5. The zero-order valence-electron chi connectivity index (χ0n) is 17.5. The van der Waals surface area contributed by atoms with Crippen molar-refractivity contribution < 1.29 is 30.4 Å². The van der Waals surface area contributed by atoms with Gasteiger partial charge in [0.1, 0.15) is 22.3 Å². The number of ether oxygens (including phenoxy) is 1. The number of nitrogens with one attached hydrogen (secondary N) is 2. The molecule has 2 N–H and O–H groups in total. The van der Waals surface area contributed by atoms with Crippen LogP contribution in [0.5, 0.6) is 5.75 Å². The Labute approximate surface area is 205 Å². The van der Waals surface area contributed by atoms with E-state index in [1.807, 2.05) is 0 Å². The third kappa shape index (κ3) is 6.23. The molecule has 0 saturated carbocycles. The zero-order chi connectivity index (χ0) is 25.1. The highest BCUT2D eigenvalue weighted by atomic mass is 35.5. The molecular weight excluding hydrogens is 533 g/mol. The minimum absolute atomic E-state index is 0.103. The molecule has 0 aliphatic rings. The first kappa shape index (κ1) is 26.3. The summed E-state index contributed by atoms with van der Waals surface area (Å²) in [6.45, 7) is -0.540. The van der Waals surface area contributed by atoms with Gasteiger partial charge in [-0.3, -0.25) is 0 Å². The van der Waals surface area contributed by atoms with Gasteiger partial charge < -0.3 is 4.74 Å². The Bertz CT molecular complexity index is 1440. The first-order valence-electron chi connectivity index (χ1n) is 9.48. The Morgan fingerprint density at radius 3 is 1.74 bits per heavy atom. The van der Waals surface area contributed by atoms with Gasteiger partial charge in [0.15, 0.2) is 0 Å². The fourth-order valence-corrected chi connectivity index (χ4v) is 5.41. The van der Waals surface area contributed by atoms with Gasteiger partial charge in [0.2, 0.25) is 20.0 Å². The molecule has 0 amide bonds. The van der Waals surface area contributed by atoms with Gasteiger partial charge in [-0.15, -0.1) is 0 Å². The Morgan fingerprint density at radius 1 is 0.765 bits per heavy atom. The van der Waals surface area contributed by atoms with Crippen LogP contribution in [-0.4, -0.2) is 23.9 Å². The minimum atomic E-state index is -4.27. The third-order valence-corrected chi connectivity index (χ3v) is 8.07. The lowest BCUT2D eigenvalue weighted by atomic mass is 10.2. The van der Waals surface area contributed by atoms with E-state index in [4.69, 9.17) is 27.9 Å². The van der Waals surface area contributed by atoms with E-state index in [-0.39, 0.29) is 33.8 Å². The molecule has 3 rings (SSSR count). The summed E-state index contributed by atoms with van der Waals surface area (Å²) in [7, 11) is -7.23. The Kier molecular flexibility index (Phi) is 8.17. The molecule has 0 fully saturated rings. The van der Waals surface area contributed by atoms with Crippen molar-refractivity contribution in [1.29, 1.82) is 0 Å². The average molecular weight is 551 g/mol. The molecule has 13 heteroatoms. The van der Waals surface area contributed by atoms with E-state index in [1.54, 1.807) is 0 Å². The standard InChI is InChI=1S/C21H18Cl2F2N2O5S2/c1-32-20-7-4-15(33(28,29)26-11-13-2-5-16(22)18(24)8-13)10-21(20)34(30,31)27-12-14-3-6-17(23)19(25)9-14/h2-10,26-27H,11-12H2,1H3. The summed E-state index contributed by atoms with van der Waals surface area (Å²) in [6.07, 6.45) is 0. The second-order valence-corrected chi connectivity index (χ2v) is 11.3. The van der Waals surface area contributed by atoms with Crippen LogP contribution < -0.4 is 14.2 Å². The van der Waals surface area contributed by atoms with Crippen molar-refractivity contribution in [1.82, 2.24) is 9.44 Å². The first-order valence-corrected chi connectivity index (χ1v) is 13.2. The normalized spacial score (nSPS) is 12.0. The van der Waals surface area contributed by atoms with Crippen molar-refractivity contribution in [2.45, 2.75) is 22.9 Å². The van der Waals surface area contributed by atoms with Gasteiger partial charge in [0.05, 0.1) is 22.1 Å². The van der Waals surface area contributed by atoms with Crippen LogP contribution in [0.15, 0.2) is 64.4 Å². The molecule has 7 nitrogen and oxygen atoms in total. The summed E-state index contributed by atoms with van der Waals surface area (Å²) in [4.78, 5) is -0.800. The second kappa shape index (κ2) is 10.5. The SMILES string of the molecule is COc1ccc(S(=O)(=O)NCc2ccc(Cl)c(F)c2)cc1S(=O)(=O)NCc1ccc(Cl)c(F)c1. The molecule has 0 aromatic heterocycles. The van der Waals surface area contributed by atoms with Crippen molar-refractivity contribution in [2.24, 2.45) is 0 Å². The summed E-state index contributed by atoms with van der Waals surface area (Å²) in [5.41, 5.74) is 0.605. The highest BCUT2D eigenvalue weighted by molar-refractivity contribution is 7.90. The number of benzene rings is 3. The maximum absolute atomic E-state index is 13.6. The third-order valence-electron chi connectivity index (χ3n) is 4.64. The lowest BCUT2D eigenvalue weighted by molar-refractivity contribution is 0.401. The largest absolute Gasteiger partial charge is 0.495 e. The number of methoxy groups -OCH3 is 1.